The summed E-state index contributed by atoms with van der Waals surface area (Å²) in [5, 5.41) is 20.8. The van der Waals surface area contributed by atoms with E-state index in [2.05, 4.69) is 5.32 Å². The molecule has 0 aliphatic heterocycles. The number of rotatable bonds is 6. The molecular formula is C20H21NO5. The van der Waals surface area contributed by atoms with Crippen LogP contribution in [0.3, 0.4) is 0 Å². The van der Waals surface area contributed by atoms with Crippen LogP contribution in [-0.4, -0.2) is 41.0 Å². The molecule has 1 unspecified atom stereocenters. The Balaban J connectivity index is 1.70. The van der Waals surface area contributed by atoms with Gasteiger partial charge in [0.25, 0.3) is 0 Å². The Morgan fingerprint density at radius 1 is 1.08 bits per heavy atom. The Kier molecular flexibility index (Phi) is 5.23. The number of carbonyl (C=O) groups is 2. The summed E-state index contributed by atoms with van der Waals surface area (Å²) in [6.07, 6.45) is -1.73. The summed E-state index contributed by atoms with van der Waals surface area (Å²) in [6, 6.07) is 14.7. The van der Waals surface area contributed by atoms with Crippen molar-refractivity contribution < 1.29 is 24.5 Å². The number of hydrogen-bond donors (Lipinski definition) is 3. The molecule has 3 rings (SSSR count). The Labute approximate surface area is 151 Å². The first kappa shape index (κ1) is 17.9. The highest BCUT2D eigenvalue weighted by Gasteiger charge is 2.29. The number of carboxylic acids is 1. The molecule has 0 spiro atoms. The van der Waals surface area contributed by atoms with E-state index in [1.165, 1.54) is 6.92 Å². The molecule has 0 heterocycles. The van der Waals surface area contributed by atoms with E-state index in [0.29, 0.717) is 0 Å². The van der Waals surface area contributed by atoms with E-state index in [1.54, 1.807) is 0 Å². The van der Waals surface area contributed by atoms with Crippen LogP contribution in [0.2, 0.25) is 0 Å². The number of ether oxygens (including phenoxy) is 1. The molecular weight excluding hydrogens is 334 g/mol. The van der Waals surface area contributed by atoms with Crippen LogP contribution in [0.5, 0.6) is 0 Å². The number of benzene rings is 2. The van der Waals surface area contributed by atoms with Crippen molar-refractivity contribution in [3.63, 3.8) is 0 Å². The molecule has 0 saturated heterocycles. The summed E-state index contributed by atoms with van der Waals surface area (Å²) in [6.45, 7) is 1.58. The highest BCUT2D eigenvalue weighted by atomic mass is 16.5. The second-order valence-electron chi connectivity index (χ2n) is 6.45. The fraction of sp³-hybridized carbons (Fsp3) is 0.300. The molecule has 2 aromatic rings. The van der Waals surface area contributed by atoms with Gasteiger partial charge >= 0.3 is 12.1 Å². The van der Waals surface area contributed by atoms with Crippen LogP contribution >= 0.6 is 0 Å². The van der Waals surface area contributed by atoms with Crippen LogP contribution in [0, 0.1) is 0 Å². The molecule has 1 amide bonds. The molecule has 0 fully saturated rings. The second kappa shape index (κ2) is 7.58. The average molecular weight is 355 g/mol. The minimum atomic E-state index is -1.21. The number of fused-ring (bicyclic) bond motifs is 3. The van der Waals surface area contributed by atoms with Crippen LogP contribution in [0.1, 0.15) is 30.4 Å². The second-order valence-corrected chi connectivity index (χ2v) is 6.45. The van der Waals surface area contributed by atoms with Crippen molar-refractivity contribution in [2.45, 2.75) is 31.4 Å². The third kappa shape index (κ3) is 3.70. The molecule has 26 heavy (non-hydrogen) atoms. The lowest BCUT2D eigenvalue weighted by Gasteiger charge is -2.18. The number of carbonyl (C=O) groups excluding carboxylic acids is 1. The molecule has 2 atom stereocenters. The molecule has 0 aromatic heterocycles. The quantitative estimate of drug-likeness (QED) is 0.740. The monoisotopic (exact) mass is 355 g/mol. The third-order valence-electron chi connectivity index (χ3n) is 4.51. The van der Waals surface area contributed by atoms with E-state index in [9.17, 15) is 14.7 Å². The number of nitrogens with one attached hydrogen (secondary N) is 1. The van der Waals surface area contributed by atoms with Crippen LogP contribution in [-0.2, 0) is 9.53 Å². The van der Waals surface area contributed by atoms with Crippen molar-refractivity contribution in [1.29, 1.82) is 0 Å². The van der Waals surface area contributed by atoms with E-state index >= 15 is 0 Å². The van der Waals surface area contributed by atoms with Crippen LogP contribution in [0.4, 0.5) is 4.79 Å². The third-order valence-corrected chi connectivity index (χ3v) is 4.51. The zero-order valence-electron chi connectivity index (χ0n) is 14.4. The molecule has 3 N–H and O–H groups in total. The van der Waals surface area contributed by atoms with Gasteiger partial charge in [0.2, 0.25) is 0 Å². The maximum Gasteiger partial charge on any atom is 0.407 e. The van der Waals surface area contributed by atoms with Crippen LogP contribution in [0.15, 0.2) is 48.5 Å². The largest absolute Gasteiger partial charge is 0.480 e. The lowest BCUT2D eigenvalue weighted by molar-refractivity contribution is -0.140. The smallest absolute Gasteiger partial charge is 0.407 e. The average Bonchev–Trinajstić information content (AvgIpc) is 2.93. The van der Waals surface area contributed by atoms with Crippen molar-refractivity contribution in [2.75, 3.05) is 6.61 Å². The van der Waals surface area contributed by atoms with Gasteiger partial charge in [-0.1, -0.05) is 48.5 Å². The lowest BCUT2D eigenvalue weighted by Crippen LogP contribution is -2.43. The van der Waals surface area contributed by atoms with Gasteiger partial charge in [0.15, 0.2) is 0 Å². The van der Waals surface area contributed by atoms with E-state index in [0.717, 1.165) is 22.3 Å². The molecule has 6 nitrogen and oxygen atoms in total. The van der Waals surface area contributed by atoms with E-state index in [4.69, 9.17) is 9.84 Å². The molecule has 1 aliphatic rings. The van der Waals surface area contributed by atoms with Gasteiger partial charge < -0.3 is 20.3 Å². The number of aliphatic carboxylic acids is 1. The fourth-order valence-corrected chi connectivity index (χ4v) is 3.34. The molecule has 1 aliphatic carbocycles. The van der Waals surface area contributed by atoms with Gasteiger partial charge in [0.05, 0.1) is 6.10 Å². The maximum absolute atomic E-state index is 12.0. The molecule has 0 bridgehead atoms. The van der Waals surface area contributed by atoms with Gasteiger partial charge in [-0.3, -0.25) is 0 Å². The molecule has 2 aromatic carbocycles. The standard InChI is InChI=1S/C20H21NO5/c1-12(22)10-18(19(23)24)21-20(25)26-11-17-15-8-4-2-6-13(15)14-7-3-5-9-16(14)17/h2-9,12,17-18,22H,10-11H2,1H3,(H,21,25)(H,23,24)/t12?,18-/m0/s1. The summed E-state index contributed by atoms with van der Waals surface area (Å²) in [5.41, 5.74) is 4.41. The number of aliphatic hydroxyl groups is 1. The van der Waals surface area contributed by atoms with Gasteiger partial charge in [-0.15, -0.1) is 0 Å². The number of amides is 1. The Morgan fingerprint density at radius 3 is 2.12 bits per heavy atom. The van der Waals surface area contributed by atoms with Crippen LogP contribution < -0.4 is 5.32 Å². The lowest BCUT2D eigenvalue weighted by atomic mass is 9.98. The summed E-state index contributed by atoms with van der Waals surface area (Å²) < 4.78 is 5.31. The highest BCUT2D eigenvalue weighted by Crippen LogP contribution is 2.44. The first-order chi connectivity index (χ1) is 12.5. The van der Waals surface area contributed by atoms with Gasteiger partial charge in [0.1, 0.15) is 12.6 Å². The van der Waals surface area contributed by atoms with Gasteiger partial charge in [-0.2, -0.15) is 0 Å². The normalized spacial score (nSPS) is 14.8. The molecule has 6 heteroatoms. The van der Waals surface area contributed by atoms with Crippen molar-refractivity contribution in [3.05, 3.63) is 59.7 Å². The van der Waals surface area contributed by atoms with Crippen molar-refractivity contribution in [1.82, 2.24) is 5.32 Å². The first-order valence-electron chi connectivity index (χ1n) is 8.49. The maximum atomic E-state index is 12.0. The summed E-state index contributed by atoms with van der Waals surface area (Å²) >= 11 is 0. The van der Waals surface area contributed by atoms with Crippen molar-refractivity contribution in [3.8, 4) is 11.1 Å². The molecule has 136 valence electrons. The summed E-state index contributed by atoms with van der Waals surface area (Å²) in [5.74, 6) is -1.30. The van der Waals surface area contributed by atoms with Gasteiger partial charge in [0, 0.05) is 12.3 Å². The summed E-state index contributed by atoms with van der Waals surface area (Å²) in [7, 11) is 0. The van der Waals surface area contributed by atoms with E-state index in [-0.39, 0.29) is 18.9 Å². The number of hydrogen-bond acceptors (Lipinski definition) is 4. The predicted molar refractivity (Wildman–Crippen MR) is 95.9 cm³/mol. The minimum Gasteiger partial charge on any atom is -0.480 e. The molecule has 0 saturated carbocycles. The Hall–Kier alpha value is -2.86. The van der Waals surface area contributed by atoms with Gasteiger partial charge in [-0.05, 0) is 29.2 Å². The fourth-order valence-electron chi connectivity index (χ4n) is 3.34. The Bertz CT molecular complexity index is 772. The topological polar surface area (TPSA) is 95.9 Å². The van der Waals surface area contributed by atoms with Crippen LogP contribution in [0.25, 0.3) is 11.1 Å². The first-order valence-corrected chi connectivity index (χ1v) is 8.49. The summed E-state index contributed by atoms with van der Waals surface area (Å²) in [4.78, 5) is 23.2. The van der Waals surface area contributed by atoms with E-state index in [1.807, 2.05) is 48.5 Å². The zero-order chi connectivity index (χ0) is 18.7. The van der Waals surface area contributed by atoms with Crippen molar-refractivity contribution >= 4 is 12.1 Å². The number of aliphatic hydroxyl groups excluding tert-OH is 1. The van der Waals surface area contributed by atoms with E-state index < -0.39 is 24.2 Å². The molecule has 0 radical (unpaired) electrons. The van der Waals surface area contributed by atoms with Crippen molar-refractivity contribution in [2.24, 2.45) is 0 Å². The predicted octanol–water partition coefficient (Wildman–Crippen LogP) is 2.75. The zero-order valence-corrected chi connectivity index (χ0v) is 14.4. The highest BCUT2D eigenvalue weighted by molar-refractivity contribution is 5.81. The number of carboxylic acid groups (broad SMARTS) is 1. The van der Waals surface area contributed by atoms with Gasteiger partial charge in [-0.25, -0.2) is 9.59 Å². The SMILES string of the molecule is CC(O)C[C@H](NC(=O)OCC1c2ccccc2-c2ccccc21)C(=O)O. The number of alkyl carbamates (subject to hydrolysis) is 1. The Morgan fingerprint density at radius 2 is 1.62 bits per heavy atom. The minimum absolute atomic E-state index is 0.0838.